The molecule has 4 nitrogen and oxygen atoms in total. The fourth-order valence-corrected chi connectivity index (χ4v) is 1.89. The van der Waals surface area contributed by atoms with Crippen LogP contribution in [0.5, 0.6) is 0 Å². The highest BCUT2D eigenvalue weighted by Crippen LogP contribution is 2.15. The van der Waals surface area contributed by atoms with Gasteiger partial charge in [0.1, 0.15) is 0 Å². The summed E-state index contributed by atoms with van der Waals surface area (Å²) in [5.41, 5.74) is 10.6. The van der Waals surface area contributed by atoms with Crippen molar-refractivity contribution in [3.8, 4) is 0 Å². The van der Waals surface area contributed by atoms with Crippen molar-refractivity contribution in [2.24, 2.45) is 11.5 Å². The smallest absolute Gasteiger partial charge is 0.248 e. The molecule has 0 atom stereocenters. The van der Waals surface area contributed by atoms with Crippen molar-refractivity contribution in [2.45, 2.75) is 38.5 Å². The van der Waals surface area contributed by atoms with Gasteiger partial charge >= 0.3 is 0 Å². The Hall–Kier alpha value is -1.84. The zero-order valence-electron chi connectivity index (χ0n) is 10.5. The monoisotopic (exact) mass is 248 g/mol. The van der Waals surface area contributed by atoms with E-state index in [4.69, 9.17) is 11.5 Å². The minimum Gasteiger partial charge on any atom is -0.366 e. The summed E-state index contributed by atoms with van der Waals surface area (Å²) in [6.45, 7) is 0. The molecule has 18 heavy (non-hydrogen) atoms. The lowest BCUT2D eigenvalue weighted by Gasteiger charge is -2.05. The van der Waals surface area contributed by atoms with Crippen molar-refractivity contribution in [3.63, 3.8) is 0 Å². The maximum absolute atomic E-state index is 10.6. The Kier molecular flexibility index (Phi) is 5.91. The molecule has 1 aliphatic rings. The summed E-state index contributed by atoms with van der Waals surface area (Å²) in [4.78, 5) is 21.3. The van der Waals surface area contributed by atoms with Gasteiger partial charge in [-0.25, -0.2) is 0 Å². The zero-order chi connectivity index (χ0) is 13.4. The topological polar surface area (TPSA) is 86.2 Å². The zero-order valence-corrected chi connectivity index (χ0v) is 10.5. The van der Waals surface area contributed by atoms with Gasteiger partial charge in [-0.2, -0.15) is 0 Å². The normalized spacial score (nSPS) is 14.2. The molecule has 4 heteroatoms. The molecule has 1 aromatic carbocycles. The fraction of sp³-hybridized carbons (Fsp3) is 0.429. The first-order valence-corrected chi connectivity index (χ1v) is 6.31. The molecule has 1 saturated carbocycles. The third kappa shape index (κ3) is 4.99. The molecular formula is C14H20N2O2. The first-order valence-electron chi connectivity index (χ1n) is 6.31. The molecular weight excluding hydrogens is 228 g/mol. The number of nitrogens with two attached hydrogens (primary N) is 2. The summed E-state index contributed by atoms with van der Waals surface area (Å²) in [5, 5.41) is 0. The molecule has 0 saturated heterocycles. The van der Waals surface area contributed by atoms with Gasteiger partial charge in [0, 0.05) is 11.1 Å². The lowest BCUT2D eigenvalue weighted by atomic mass is 10.0. The molecule has 0 spiro atoms. The summed E-state index contributed by atoms with van der Waals surface area (Å²) in [6, 6.07) is 5.97. The van der Waals surface area contributed by atoms with Gasteiger partial charge in [-0.05, 0) is 18.2 Å². The number of amides is 2. The van der Waals surface area contributed by atoms with E-state index in [0.717, 1.165) is 0 Å². The Morgan fingerprint density at radius 1 is 0.778 bits per heavy atom. The minimum atomic E-state index is -0.571. The van der Waals surface area contributed by atoms with Crippen molar-refractivity contribution in [2.75, 3.05) is 0 Å². The highest BCUT2D eigenvalue weighted by atomic mass is 16.1. The second kappa shape index (κ2) is 7.48. The fourth-order valence-electron chi connectivity index (χ4n) is 1.89. The second-order valence-corrected chi connectivity index (χ2v) is 4.43. The number of hydrogen-bond donors (Lipinski definition) is 2. The van der Waals surface area contributed by atoms with Crippen molar-refractivity contribution in [3.05, 3.63) is 35.4 Å². The van der Waals surface area contributed by atoms with Crippen LogP contribution < -0.4 is 11.5 Å². The maximum atomic E-state index is 10.6. The summed E-state index contributed by atoms with van der Waals surface area (Å²) in [5.74, 6) is -1.14. The van der Waals surface area contributed by atoms with Gasteiger partial charge in [-0.1, -0.05) is 44.6 Å². The van der Waals surface area contributed by atoms with E-state index in [1.54, 1.807) is 6.07 Å². The highest BCUT2D eigenvalue weighted by Gasteiger charge is 2.03. The van der Waals surface area contributed by atoms with Crippen LogP contribution in [0.25, 0.3) is 0 Å². The van der Waals surface area contributed by atoms with Crippen LogP contribution in [-0.2, 0) is 0 Å². The molecule has 0 aromatic heterocycles. The van der Waals surface area contributed by atoms with Gasteiger partial charge in [0.25, 0.3) is 0 Å². The van der Waals surface area contributed by atoms with E-state index in [0.29, 0.717) is 0 Å². The van der Waals surface area contributed by atoms with E-state index in [2.05, 4.69) is 0 Å². The number of benzene rings is 1. The number of primary amides is 2. The van der Waals surface area contributed by atoms with Gasteiger partial charge in [-0.15, -0.1) is 0 Å². The van der Waals surface area contributed by atoms with E-state index in [-0.39, 0.29) is 11.1 Å². The molecule has 0 unspecified atom stereocenters. The highest BCUT2D eigenvalue weighted by molar-refractivity contribution is 5.98. The second-order valence-electron chi connectivity index (χ2n) is 4.43. The van der Waals surface area contributed by atoms with Gasteiger partial charge in [-0.3, -0.25) is 9.59 Å². The van der Waals surface area contributed by atoms with E-state index < -0.39 is 11.8 Å². The SMILES string of the molecule is C1CCCCC1.NC(=O)c1cccc(C(N)=O)c1. The standard InChI is InChI=1S/C8H8N2O2.C6H12/c9-7(11)5-2-1-3-6(4-5)8(10)12;1-2-4-6-5-3-1/h1-4H,(H2,9,11)(H2,10,12);1-6H2. The van der Waals surface area contributed by atoms with E-state index in [9.17, 15) is 9.59 Å². The number of rotatable bonds is 2. The van der Waals surface area contributed by atoms with Gasteiger partial charge in [0.15, 0.2) is 0 Å². The Labute approximate surface area is 107 Å². The molecule has 2 amide bonds. The maximum Gasteiger partial charge on any atom is 0.248 e. The molecule has 0 radical (unpaired) electrons. The number of carbonyl (C=O) groups is 2. The first-order chi connectivity index (χ1) is 8.61. The molecule has 0 aliphatic heterocycles. The van der Waals surface area contributed by atoms with E-state index in [1.807, 2.05) is 0 Å². The van der Waals surface area contributed by atoms with Gasteiger partial charge < -0.3 is 11.5 Å². The van der Waals surface area contributed by atoms with Crippen molar-refractivity contribution < 1.29 is 9.59 Å². The van der Waals surface area contributed by atoms with E-state index >= 15 is 0 Å². The Morgan fingerprint density at radius 3 is 1.39 bits per heavy atom. The predicted octanol–water partition coefficient (Wildman–Crippen LogP) is 2.23. The third-order valence-electron chi connectivity index (χ3n) is 2.93. The van der Waals surface area contributed by atoms with E-state index in [1.165, 1.54) is 56.7 Å². The molecule has 1 fully saturated rings. The minimum absolute atomic E-state index is 0.284. The number of hydrogen-bond acceptors (Lipinski definition) is 2. The molecule has 1 aliphatic carbocycles. The van der Waals surface area contributed by atoms with Crippen molar-refractivity contribution in [1.29, 1.82) is 0 Å². The van der Waals surface area contributed by atoms with Crippen LogP contribution >= 0.6 is 0 Å². The molecule has 2 rings (SSSR count). The predicted molar refractivity (Wildman–Crippen MR) is 71.2 cm³/mol. The van der Waals surface area contributed by atoms with Gasteiger partial charge in [0.2, 0.25) is 11.8 Å². The average molecular weight is 248 g/mol. The first kappa shape index (κ1) is 14.2. The van der Waals surface area contributed by atoms with Crippen LogP contribution in [0, 0.1) is 0 Å². The van der Waals surface area contributed by atoms with Gasteiger partial charge in [0.05, 0.1) is 0 Å². The lowest BCUT2D eigenvalue weighted by molar-refractivity contribution is 0.0999. The van der Waals surface area contributed by atoms with Crippen LogP contribution in [0.15, 0.2) is 24.3 Å². The Morgan fingerprint density at radius 2 is 1.11 bits per heavy atom. The molecule has 1 aromatic rings. The van der Waals surface area contributed by atoms with Crippen LogP contribution in [-0.4, -0.2) is 11.8 Å². The molecule has 0 bridgehead atoms. The Bertz CT molecular complexity index is 371. The third-order valence-corrected chi connectivity index (χ3v) is 2.93. The van der Waals surface area contributed by atoms with Crippen LogP contribution in [0.3, 0.4) is 0 Å². The summed E-state index contributed by atoms with van der Waals surface area (Å²) in [6.07, 6.45) is 9.00. The molecule has 4 N–H and O–H groups in total. The summed E-state index contributed by atoms with van der Waals surface area (Å²) < 4.78 is 0. The largest absolute Gasteiger partial charge is 0.366 e. The van der Waals surface area contributed by atoms with Crippen LogP contribution in [0.4, 0.5) is 0 Å². The summed E-state index contributed by atoms with van der Waals surface area (Å²) in [7, 11) is 0. The average Bonchev–Trinajstić information content (AvgIpc) is 2.41. The number of carbonyl (C=O) groups excluding carboxylic acids is 2. The summed E-state index contributed by atoms with van der Waals surface area (Å²) >= 11 is 0. The van der Waals surface area contributed by atoms with Crippen LogP contribution in [0.2, 0.25) is 0 Å². The molecule has 98 valence electrons. The quantitative estimate of drug-likeness (QED) is 0.840. The molecule has 0 heterocycles. The van der Waals surface area contributed by atoms with Crippen LogP contribution in [0.1, 0.15) is 59.2 Å². The Balaban J connectivity index is 0.000000225. The van der Waals surface area contributed by atoms with Crippen molar-refractivity contribution in [1.82, 2.24) is 0 Å². The van der Waals surface area contributed by atoms with Crippen molar-refractivity contribution >= 4 is 11.8 Å². The lowest BCUT2D eigenvalue weighted by Crippen LogP contribution is -2.14.